The molecule has 7 nitrogen and oxygen atoms in total. The molecule has 2 aromatic carbocycles. The van der Waals surface area contributed by atoms with Crippen molar-refractivity contribution >= 4 is 23.4 Å². The van der Waals surface area contributed by atoms with E-state index in [1.54, 1.807) is 11.8 Å². The first kappa shape index (κ1) is 24.6. The van der Waals surface area contributed by atoms with Crippen LogP contribution in [0.15, 0.2) is 76.6 Å². The van der Waals surface area contributed by atoms with Crippen molar-refractivity contribution in [2.24, 2.45) is 5.92 Å². The molecule has 1 aromatic heterocycles. The van der Waals surface area contributed by atoms with Crippen LogP contribution in [0.5, 0.6) is 0 Å². The molecular weight excluding hydrogens is 470 g/mol. The van der Waals surface area contributed by atoms with Crippen molar-refractivity contribution in [3.8, 4) is 5.69 Å². The summed E-state index contributed by atoms with van der Waals surface area (Å²) < 4.78 is 1.48. The Morgan fingerprint density at radius 3 is 2.33 bits per heavy atom. The molecule has 2 fully saturated rings. The lowest BCUT2D eigenvalue weighted by Gasteiger charge is -2.36. The van der Waals surface area contributed by atoms with Crippen LogP contribution in [0.2, 0.25) is 0 Å². The molecule has 188 valence electrons. The molecule has 0 N–H and O–H groups in total. The van der Waals surface area contributed by atoms with E-state index < -0.39 is 0 Å². The number of amides is 1. The van der Waals surface area contributed by atoms with Crippen molar-refractivity contribution in [1.82, 2.24) is 19.6 Å². The van der Waals surface area contributed by atoms with Crippen LogP contribution in [-0.4, -0.2) is 78.1 Å². The maximum Gasteiger partial charge on any atom is 0.287 e. The van der Waals surface area contributed by atoms with E-state index in [2.05, 4.69) is 27.0 Å². The first-order valence-corrected chi connectivity index (χ1v) is 13.6. The second kappa shape index (κ2) is 10.9. The van der Waals surface area contributed by atoms with Crippen LogP contribution >= 0.6 is 11.8 Å². The second-order valence-corrected chi connectivity index (χ2v) is 10.8. The predicted octanol–water partition coefficient (Wildman–Crippen LogP) is 3.34. The Bertz CT molecular complexity index is 1240. The third kappa shape index (κ3) is 5.34. The highest BCUT2D eigenvalue weighted by atomic mass is 32.2. The SMILES string of the molecule is CN(C)CCSc1c(N2CCN(C(=O)[C@@H]3CC3c3ccccc3)CC2)cnn(-c2ccccc2)c1=O. The molecule has 2 heterocycles. The van der Waals surface area contributed by atoms with E-state index in [9.17, 15) is 9.59 Å². The van der Waals surface area contributed by atoms with E-state index in [0.717, 1.165) is 35.0 Å². The number of benzene rings is 2. The van der Waals surface area contributed by atoms with Gasteiger partial charge < -0.3 is 14.7 Å². The maximum atomic E-state index is 13.5. The molecule has 8 heteroatoms. The number of thioether (sulfide) groups is 1. The molecule has 0 bridgehead atoms. The van der Waals surface area contributed by atoms with Gasteiger partial charge in [0.2, 0.25) is 5.91 Å². The van der Waals surface area contributed by atoms with Gasteiger partial charge in [0.1, 0.15) is 0 Å². The number of hydrogen-bond acceptors (Lipinski definition) is 6. The molecule has 2 atom stereocenters. The first-order chi connectivity index (χ1) is 17.5. The standard InChI is InChI=1S/C28H33N5O2S/c1-30(2)17-18-36-26-25(20-29-33(28(26)35)22-11-7-4-8-12-22)31-13-15-32(16-14-31)27(34)24-19-23(24)21-9-5-3-6-10-21/h3-12,20,23-24H,13-19H2,1-2H3/t23?,24-/m1/s1. The van der Waals surface area contributed by atoms with Crippen molar-refractivity contribution in [3.63, 3.8) is 0 Å². The molecule has 0 spiro atoms. The first-order valence-electron chi connectivity index (χ1n) is 12.6. The van der Waals surface area contributed by atoms with Crippen LogP contribution in [-0.2, 0) is 4.79 Å². The summed E-state index contributed by atoms with van der Waals surface area (Å²) in [7, 11) is 4.07. The zero-order valence-corrected chi connectivity index (χ0v) is 21.7. The summed E-state index contributed by atoms with van der Waals surface area (Å²) in [5.41, 5.74) is 2.80. The molecule has 36 heavy (non-hydrogen) atoms. The zero-order chi connectivity index (χ0) is 25.1. The third-order valence-electron chi connectivity index (χ3n) is 6.97. The van der Waals surface area contributed by atoms with Crippen LogP contribution in [0, 0.1) is 5.92 Å². The van der Waals surface area contributed by atoms with Crippen molar-refractivity contribution < 1.29 is 4.79 Å². The number of aromatic nitrogens is 2. The molecule has 5 rings (SSSR count). The Hall–Kier alpha value is -3.10. The molecule has 2 aliphatic rings. The van der Waals surface area contributed by atoms with Crippen molar-refractivity contribution in [2.45, 2.75) is 17.2 Å². The topological polar surface area (TPSA) is 61.7 Å². The Kier molecular flexibility index (Phi) is 7.43. The van der Waals surface area contributed by atoms with Crippen LogP contribution in [0.4, 0.5) is 5.69 Å². The van der Waals surface area contributed by atoms with E-state index in [-0.39, 0.29) is 17.4 Å². The summed E-state index contributed by atoms with van der Waals surface area (Å²) in [6.07, 6.45) is 2.76. The maximum absolute atomic E-state index is 13.5. The fourth-order valence-corrected chi connectivity index (χ4v) is 6.01. The van der Waals surface area contributed by atoms with Gasteiger partial charge in [0.25, 0.3) is 5.56 Å². The Labute approximate surface area is 216 Å². The molecule has 1 saturated heterocycles. The summed E-state index contributed by atoms with van der Waals surface area (Å²) >= 11 is 1.59. The number of carbonyl (C=O) groups is 1. The summed E-state index contributed by atoms with van der Waals surface area (Å²) in [5, 5.41) is 4.52. The van der Waals surface area contributed by atoms with E-state index in [1.807, 2.05) is 73.7 Å². The normalized spacial score (nSPS) is 19.5. The molecule has 0 radical (unpaired) electrons. The monoisotopic (exact) mass is 503 g/mol. The van der Waals surface area contributed by atoms with Crippen molar-refractivity contribution in [3.05, 3.63) is 82.8 Å². The number of piperazine rings is 1. The quantitative estimate of drug-likeness (QED) is 0.440. The summed E-state index contributed by atoms with van der Waals surface area (Å²) in [5.74, 6) is 1.54. The van der Waals surface area contributed by atoms with Gasteiger partial charge in [-0.05, 0) is 44.1 Å². The Morgan fingerprint density at radius 2 is 1.67 bits per heavy atom. The zero-order valence-electron chi connectivity index (χ0n) is 20.9. The summed E-state index contributed by atoms with van der Waals surface area (Å²) in [4.78, 5) is 33.7. The van der Waals surface area contributed by atoms with Crippen LogP contribution in [0.1, 0.15) is 17.9 Å². The molecular formula is C28H33N5O2S. The highest BCUT2D eigenvalue weighted by Crippen LogP contribution is 2.48. The van der Waals surface area contributed by atoms with Gasteiger partial charge in [-0.1, -0.05) is 48.5 Å². The number of hydrogen-bond donors (Lipinski definition) is 0. The van der Waals surface area contributed by atoms with E-state index >= 15 is 0 Å². The van der Waals surface area contributed by atoms with Gasteiger partial charge in [-0.25, -0.2) is 0 Å². The Morgan fingerprint density at radius 1 is 1.00 bits per heavy atom. The fraction of sp³-hybridized carbons (Fsp3) is 0.393. The lowest BCUT2D eigenvalue weighted by Crippen LogP contribution is -2.50. The van der Waals surface area contributed by atoms with Gasteiger partial charge in [0, 0.05) is 44.4 Å². The average Bonchev–Trinajstić information content (AvgIpc) is 3.71. The molecule has 1 saturated carbocycles. The molecule has 1 aliphatic heterocycles. The molecule has 1 aliphatic carbocycles. The number of nitrogens with zero attached hydrogens (tertiary/aromatic N) is 5. The minimum absolute atomic E-state index is 0.0929. The lowest BCUT2D eigenvalue weighted by molar-refractivity contribution is -0.133. The average molecular weight is 504 g/mol. The van der Waals surface area contributed by atoms with Gasteiger partial charge in [0.15, 0.2) is 0 Å². The predicted molar refractivity (Wildman–Crippen MR) is 145 cm³/mol. The van der Waals surface area contributed by atoms with Crippen molar-refractivity contribution in [2.75, 3.05) is 57.5 Å². The van der Waals surface area contributed by atoms with Crippen molar-refractivity contribution in [1.29, 1.82) is 0 Å². The number of carbonyl (C=O) groups excluding carboxylic acids is 1. The van der Waals surface area contributed by atoms with Gasteiger partial charge in [-0.2, -0.15) is 9.78 Å². The second-order valence-electron chi connectivity index (χ2n) is 9.73. The highest BCUT2D eigenvalue weighted by Gasteiger charge is 2.46. The van der Waals surface area contributed by atoms with Gasteiger partial charge in [-0.3, -0.25) is 9.59 Å². The molecule has 3 aromatic rings. The van der Waals surface area contributed by atoms with Gasteiger partial charge in [0.05, 0.1) is 22.5 Å². The smallest absolute Gasteiger partial charge is 0.287 e. The minimum Gasteiger partial charge on any atom is -0.366 e. The number of anilines is 1. The minimum atomic E-state index is -0.0929. The van der Waals surface area contributed by atoms with Gasteiger partial charge in [-0.15, -0.1) is 11.8 Å². The Balaban J connectivity index is 1.29. The van der Waals surface area contributed by atoms with E-state index in [1.165, 1.54) is 10.2 Å². The van der Waals surface area contributed by atoms with E-state index in [4.69, 9.17) is 0 Å². The number of para-hydroxylation sites is 1. The van der Waals surface area contributed by atoms with Gasteiger partial charge >= 0.3 is 0 Å². The lowest BCUT2D eigenvalue weighted by atomic mass is 10.1. The van der Waals surface area contributed by atoms with Crippen LogP contribution < -0.4 is 10.5 Å². The van der Waals surface area contributed by atoms with Crippen LogP contribution in [0.25, 0.3) is 5.69 Å². The highest BCUT2D eigenvalue weighted by molar-refractivity contribution is 7.99. The van der Waals surface area contributed by atoms with E-state index in [0.29, 0.717) is 32.1 Å². The third-order valence-corrected chi connectivity index (χ3v) is 8.03. The molecule has 1 amide bonds. The molecule has 1 unspecified atom stereocenters. The summed E-state index contributed by atoms with van der Waals surface area (Å²) in [6, 6.07) is 19.9. The number of rotatable bonds is 8. The van der Waals surface area contributed by atoms with Crippen LogP contribution in [0.3, 0.4) is 0 Å². The summed E-state index contributed by atoms with van der Waals surface area (Å²) in [6.45, 7) is 3.61. The fourth-order valence-electron chi connectivity index (χ4n) is 4.81. The largest absolute Gasteiger partial charge is 0.366 e.